The number of carbonyl (C=O) groups is 1. The van der Waals surface area contributed by atoms with Gasteiger partial charge in [0.15, 0.2) is 0 Å². The molecule has 5 rings (SSSR count). The first-order valence-corrected chi connectivity index (χ1v) is 9.93. The molecule has 134 valence electrons. The third kappa shape index (κ3) is 2.56. The summed E-state index contributed by atoms with van der Waals surface area (Å²) in [6, 6.07) is 12.1. The van der Waals surface area contributed by atoms with E-state index in [2.05, 4.69) is 39.8 Å². The molecule has 0 saturated carbocycles. The van der Waals surface area contributed by atoms with Gasteiger partial charge < -0.3 is 9.47 Å². The van der Waals surface area contributed by atoms with Gasteiger partial charge in [0.2, 0.25) is 0 Å². The fourth-order valence-corrected chi connectivity index (χ4v) is 4.53. The average Bonchev–Trinajstić information content (AvgIpc) is 3.43. The molecule has 0 spiro atoms. The molecule has 6 heteroatoms. The van der Waals surface area contributed by atoms with Crippen molar-refractivity contribution in [2.24, 2.45) is 0 Å². The maximum atomic E-state index is 13.0. The lowest BCUT2D eigenvalue weighted by atomic mass is 10.2. The molecule has 1 aliphatic rings. The number of rotatable bonds is 3. The Kier molecular flexibility index (Phi) is 3.79. The molecule has 1 aromatic carbocycles. The number of aromatic nitrogens is 3. The van der Waals surface area contributed by atoms with Crippen LogP contribution in [-0.4, -0.2) is 27.0 Å². The molecule has 0 N–H and O–H groups in total. The number of thiazole rings is 1. The Morgan fingerprint density at radius 3 is 3.00 bits per heavy atom. The SMILES string of the molecule is CCn1cc(-c2nc(C(=O)N3CCc4ccccc43)cs2)c2cccnc21. The van der Waals surface area contributed by atoms with Crippen molar-refractivity contribution in [1.29, 1.82) is 0 Å². The lowest BCUT2D eigenvalue weighted by Crippen LogP contribution is -2.29. The molecule has 0 aliphatic carbocycles. The Morgan fingerprint density at radius 1 is 1.22 bits per heavy atom. The molecule has 4 heterocycles. The van der Waals surface area contributed by atoms with Crippen molar-refractivity contribution in [2.45, 2.75) is 19.9 Å². The summed E-state index contributed by atoms with van der Waals surface area (Å²) >= 11 is 1.51. The summed E-state index contributed by atoms with van der Waals surface area (Å²) in [7, 11) is 0. The van der Waals surface area contributed by atoms with Crippen molar-refractivity contribution in [3.8, 4) is 10.6 Å². The number of amides is 1. The van der Waals surface area contributed by atoms with Crippen LogP contribution in [0.3, 0.4) is 0 Å². The lowest BCUT2D eigenvalue weighted by molar-refractivity contribution is 0.0985. The molecule has 0 atom stereocenters. The number of carbonyl (C=O) groups excluding carboxylic acids is 1. The highest BCUT2D eigenvalue weighted by atomic mass is 32.1. The third-order valence-corrected chi connectivity index (χ3v) is 5.94. The smallest absolute Gasteiger partial charge is 0.277 e. The fourth-order valence-electron chi connectivity index (χ4n) is 3.72. The van der Waals surface area contributed by atoms with Gasteiger partial charge in [-0.05, 0) is 37.1 Å². The van der Waals surface area contributed by atoms with Crippen LogP contribution in [0.1, 0.15) is 23.0 Å². The van der Waals surface area contributed by atoms with Gasteiger partial charge in [0.1, 0.15) is 16.3 Å². The van der Waals surface area contributed by atoms with Gasteiger partial charge in [0.25, 0.3) is 5.91 Å². The summed E-state index contributed by atoms with van der Waals surface area (Å²) in [6.07, 6.45) is 4.78. The highest BCUT2D eigenvalue weighted by Crippen LogP contribution is 2.33. The van der Waals surface area contributed by atoms with Crippen LogP contribution in [0, 0.1) is 0 Å². The minimum absolute atomic E-state index is 0.0280. The second kappa shape index (κ2) is 6.32. The van der Waals surface area contributed by atoms with E-state index in [1.807, 2.05) is 34.5 Å². The fraction of sp³-hybridized carbons (Fsp3) is 0.190. The maximum absolute atomic E-state index is 13.0. The zero-order valence-corrected chi connectivity index (χ0v) is 15.7. The summed E-state index contributed by atoms with van der Waals surface area (Å²) in [6.45, 7) is 3.65. The highest BCUT2D eigenvalue weighted by molar-refractivity contribution is 7.13. The van der Waals surface area contributed by atoms with E-state index in [0.717, 1.165) is 40.3 Å². The topological polar surface area (TPSA) is 51.0 Å². The van der Waals surface area contributed by atoms with Gasteiger partial charge in [-0.1, -0.05) is 18.2 Å². The molecule has 0 bridgehead atoms. The van der Waals surface area contributed by atoms with E-state index in [1.54, 1.807) is 6.20 Å². The zero-order valence-electron chi connectivity index (χ0n) is 14.9. The molecule has 1 aliphatic heterocycles. The minimum atomic E-state index is -0.0280. The predicted molar refractivity (Wildman–Crippen MR) is 108 cm³/mol. The van der Waals surface area contributed by atoms with Gasteiger partial charge in [0.05, 0.1) is 0 Å². The minimum Gasteiger partial charge on any atom is -0.332 e. The van der Waals surface area contributed by atoms with E-state index in [9.17, 15) is 4.79 Å². The molecule has 3 aromatic heterocycles. The monoisotopic (exact) mass is 374 g/mol. The number of fused-ring (bicyclic) bond motifs is 2. The summed E-state index contributed by atoms with van der Waals surface area (Å²) in [4.78, 5) is 24.0. The number of aryl methyl sites for hydroxylation is 1. The molecule has 5 nitrogen and oxygen atoms in total. The van der Waals surface area contributed by atoms with Crippen LogP contribution in [0.5, 0.6) is 0 Å². The molecule has 1 amide bonds. The maximum Gasteiger partial charge on any atom is 0.277 e. The lowest BCUT2D eigenvalue weighted by Gasteiger charge is -2.15. The highest BCUT2D eigenvalue weighted by Gasteiger charge is 2.27. The van der Waals surface area contributed by atoms with Gasteiger partial charge in [-0.25, -0.2) is 9.97 Å². The summed E-state index contributed by atoms with van der Waals surface area (Å²) in [5.41, 5.74) is 4.72. The van der Waals surface area contributed by atoms with Crippen molar-refractivity contribution in [1.82, 2.24) is 14.5 Å². The molecule has 4 aromatic rings. The van der Waals surface area contributed by atoms with Gasteiger partial charge in [-0.3, -0.25) is 4.79 Å². The van der Waals surface area contributed by atoms with Crippen LogP contribution < -0.4 is 4.90 Å². The Balaban J connectivity index is 1.52. The largest absolute Gasteiger partial charge is 0.332 e. The molecule has 0 radical (unpaired) electrons. The van der Waals surface area contributed by atoms with E-state index in [0.29, 0.717) is 12.2 Å². The molecular formula is C21H18N4OS. The standard InChI is InChI=1S/C21H18N4OS/c1-2-24-12-16(15-7-5-10-22-19(15)24)20-23-17(13-27-20)21(26)25-11-9-14-6-3-4-8-18(14)25/h3-8,10,12-13H,2,9,11H2,1H3. The van der Waals surface area contributed by atoms with Crippen LogP contribution in [0.25, 0.3) is 21.6 Å². The normalized spacial score (nSPS) is 13.3. The number of hydrogen-bond donors (Lipinski definition) is 0. The number of nitrogens with zero attached hydrogens (tertiary/aromatic N) is 4. The van der Waals surface area contributed by atoms with Crippen molar-refractivity contribution < 1.29 is 4.79 Å². The van der Waals surface area contributed by atoms with Gasteiger partial charge in [-0.15, -0.1) is 11.3 Å². The van der Waals surface area contributed by atoms with E-state index in [4.69, 9.17) is 0 Å². The average molecular weight is 374 g/mol. The number of benzene rings is 1. The Morgan fingerprint density at radius 2 is 2.11 bits per heavy atom. The second-order valence-electron chi connectivity index (χ2n) is 6.58. The third-order valence-electron chi connectivity index (χ3n) is 5.06. The number of pyridine rings is 1. The van der Waals surface area contributed by atoms with Crippen molar-refractivity contribution in [3.05, 3.63) is 65.4 Å². The summed E-state index contributed by atoms with van der Waals surface area (Å²) < 4.78 is 2.12. The molecule has 0 fully saturated rings. The number of anilines is 1. The van der Waals surface area contributed by atoms with Crippen molar-refractivity contribution >= 4 is 34.0 Å². The first-order valence-electron chi connectivity index (χ1n) is 9.06. The molecular weight excluding hydrogens is 356 g/mol. The summed E-state index contributed by atoms with van der Waals surface area (Å²) in [5.74, 6) is -0.0280. The first-order chi connectivity index (χ1) is 13.3. The second-order valence-corrected chi connectivity index (χ2v) is 7.43. The van der Waals surface area contributed by atoms with E-state index in [-0.39, 0.29) is 5.91 Å². The van der Waals surface area contributed by atoms with E-state index in [1.165, 1.54) is 16.9 Å². The van der Waals surface area contributed by atoms with Crippen LogP contribution in [-0.2, 0) is 13.0 Å². The van der Waals surface area contributed by atoms with Gasteiger partial charge in [0, 0.05) is 47.5 Å². The van der Waals surface area contributed by atoms with Crippen molar-refractivity contribution in [2.75, 3.05) is 11.4 Å². The van der Waals surface area contributed by atoms with E-state index < -0.39 is 0 Å². The number of hydrogen-bond acceptors (Lipinski definition) is 4. The number of para-hydroxylation sites is 1. The Hall–Kier alpha value is -2.99. The first kappa shape index (κ1) is 16.2. The molecule has 0 unspecified atom stereocenters. The van der Waals surface area contributed by atoms with Gasteiger partial charge >= 0.3 is 0 Å². The van der Waals surface area contributed by atoms with Crippen LogP contribution in [0.2, 0.25) is 0 Å². The molecule has 27 heavy (non-hydrogen) atoms. The Bertz CT molecular complexity index is 1160. The molecule has 0 saturated heterocycles. The zero-order chi connectivity index (χ0) is 18.4. The van der Waals surface area contributed by atoms with Crippen LogP contribution in [0.4, 0.5) is 5.69 Å². The van der Waals surface area contributed by atoms with Gasteiger partial charge in [-0.2, -0.15) is 0 Å². The van der Waals surface area contributed by atoms with E-state index >= 15 is 0 Å². The predicted octanol–water partition coefficient (Wildman–Crippen LogP) is 4.38. The van der Waals surface area contributed by atoms with Crippen LogP contribution >= 0.6 is 11.3 Å². The quantitative estimate of drug-likeness (QED) is 0.535. The summed E-state index contributed by atoms with van der Waals surface area (Å²) in [5, 5.41) is 3.79. The van der Waals surface area contributed by atoms with Crippen molar-refractivity contribution in [3.63, 3.8) is 0 Å². The van der Waals surface area contributed by atoms with Crippen LogP contribution in [0.15, 0.2) is 54.2 Å². The Labute approximate surface area is 160 Å².